The zero-order chi connectivity index (χ0) is 24.2. The van der Waals surface area contributed by atoms with E-state index in [1.807, 2.05) is 50.4 Å². The Hall–Kier alpha value is -3.62. The Morgan fingerprint density at radius 1 is 1.14 bits per heavy atom. The highest BCUT2D eigenvalue weighted by atomic mass is 35.5. The summed E-state index contributed by atoms with van der Waals surface area (Å²) >= 11 is 0. The highest BCUT2D eigenvalue weighted by Crippen LogP contribution is 2.38. The van der Waals surface area contributed by atoms with E-state index in [1.54, 1.807) is 26.6 Å². The maximum Gasteiger partial charge on any atom is 0.282 e. The molecular weight excluding hydrogens is 468 g/mol. The lowest BCUT2D eigenvalue weighted by Gasteiger charge is -2.14. The van der Waals surface area contributed by atoms with Crippen molar-refractivity contribution in [1.29, 1.82) is 0 Å². The van der Waals surface area contributed by atoms with E-state index in [-0.39, 0.29) is 18.3 Å². The van der Waals surface area contributed by atoms with E-state index in [9.17, 15) is 4.79 Å². The highest BCUT2D eigenvalue weighted by Gasteiger charge is 2.22. The van der Waals surface area contributed by atoms with Gasteiger partial charge >= 0.3 is 0 Å². The van der Waals surface area contributed by atoms with Crippen LogP contribution in [0.25, 0.3) is 22.5 Å². The Kier molecular flexibility index (Phi) is 8.32. The lowest BCUT2D eigenvalue weighted by atomic mass is 9.98. The van der Waals surface area contributed by atoms with Crippen molar-refractivity contribution in [2.24, 2.45) is 4.99 Å². The number of aliphatic imine (C=N–C) groups is 1. The van der Waals surface area contributed by atoms with Crippen molar-refractivity contribution in [2.75, 3.05) is 19.5 Å². The number of amides is 1. The molecule has 0 spiro atoms. The van der Waals surface area contributed by atoms with E-state index >= 15 is 0 Å². The van der Waals surface area contributed by atoms with Crippen LogP contribution < -0.4 is 32.9 Å². The minimum absolute atomic E-state index is 0. The number of aromatic nitrogens is 1. The normalized spacial score (nSPS) is 13.1. The molecule has 0 aliphatic carbocycles. The average Bonchev–Trinajstić information content (AvgIpc) is 3.53. The van der Waals surface area contributed by atoms with Crippen LogP contribution in [0.5, 0.6) is 11.5 Å². The topological polar surface area (TPSA) is 114 Å². The molecule has 3 aromatic rings. The molecule has 1 aromatic heterocycles. The molecule has 35 heavy (non-hydrogen) atoms. The van der Waals surface area contributed by atoms with Gasteiger partial charge < -0.3 is 37.5 Å². The molecule has 1 amide bonds. The molecule has 9 heteroatoms. The second-order valence-corrected chi connectivity index (χ2v) is 8.32. The van der Waals surface area contributed by atoms with Crippen LogP contribution in [0.1, 0.15) is 24.0 Å². The highest BCUT2D eigenvalue weighted by molar-refractivity contribution is 5.96. The maximum atomic E-state index is 12.9. The Labute approximate surface area is 210 Å². The first-order chi connectivity index (χ1) is 16.4. The van der Waals surface area contributed by atoms with Crippen LogP contribution in [-0.2, 0) is 4.79 Å². The first-order valence-electron chi connectivity index (χ1n) is 11.0. The van der Waals surface area contributed by atoms with Crippen LogP contribution in [0.3, 0.4) is 0 Å². The Bertz CT molecular complexity index is 1280. The number of quaternary nitrogens is 1. The number of hydrogen-bond acceptors (Lipinski definition) is 6. The van der Waals surface area contributed by atoms with Crippen LogP contribution in [0.2, 0.25) is 0 Å². The van der Waals surface area contributed by atoms with Gasteiger partial charge in [-0.3, -0.25) is 9.79 Å². The predicted molar refractivity (Wildman–Crippen MR) is 131 cm³/mol. The standard InChI is InChI=1S/C26H28N4O4.ClH/c1-15-9-19(12-24(33-4)16(15)2)25-20(14-29-34-25)18-5-6-23(32-3)22(11-18)30-26(31)21(27)10-17-7-8-28-13-17;/h5-6,8-9,11-14,21H,7,10,27H2,1-4H3,(H,30,31);1H. The van der Waals surface area contributed by atoms with Crippen LogP contribution in [0.15, 0.2) is 57.8 Å². The molecule has 1 atom stereocenters. The lowest BCUT2D eigenvalue weighted by molar-refractivity contribution is -0.401. The van der Waals surface area contributed by atoms with Gasteiger partial charge in [-0.2, -0.15) is 0 Å². The number of anilines is 1. The van der Waals surface area contributed by atoms with Crippen molar-refractivity contribution in [1.82, 2.24) is 5.16 Å². The molecular formula is C26H29ClN4O4. The number of hydrogen-bond donors (Lipinski definition) is 2. The Morgan fingerprint density at radius 2 is 1.91 bits per heavy atom. The molecule has 0 bridgehead atoms. The number of nitrogens with zero attached hydrogens (tertiary/aromatic N) is 2. The summed E-state index contributed by atoms with van der Waals surface area (Å²) in [6.45, 7) is 4.05. The van der Waals surface area contributed by atoms with E-state index < -0.39 is 6.04 Å². The number of benzene rings is 2. The molecule has 2 aromatic carbocycles. The second-order valence-electron chi connectivity index (χ2n) is 8.32. The fourth-order valence-corrected chi connectivity index (χ4v) is 3.96. The summed E-state index contributed by atoms with van der Waals surface area (Å²) in [7, 11) is 3.22. The number of rotatable bonds is 8. The second kappa shape index (κ2) is 11.2. The van der Waals surface area contributed by atoms with Gasteiger partial charge in [0.15, 0.2) is 11.8 Å². The van der Waals surface area contributed by atoms with Gasteiger partial charge in [-0.25, -0.2) is 0 Å². The maximum absolute atomic E-state index is 12.9. The molecule has 2 heterocycles. The van der Waals surface area contributed by atoms with Crippen LogP contribution in [0, 0.1) is 13.8 Å². The molecule has 1 aliphatic heterocycles. The van der Waals surface area contributed by atoms with E-state index in [4.69, 9.17) is 14.0 Å². The summed E-state index contributed by atoms with van der Waals surface area (Å²) in [5.41, 5.74) is 10.3. The van der Waals surface area contributed by atoms with Crippen LogP contribution in [-0.4, -0.2) is 37.5 Å². The molecule has 0 fully saturated rings. The Balaban J connectivity index is 0.00000342. The molecule has 0 saturated heterocycles. The van der Waals surface area contributed by atoms with Gasteiger partial charge in [-0.1, -0.05) is 11.2 Å². The molecule has 0 saturated carbocycles. The van der Waals surface area contributed by atoms with Gasteiger partial charge in [0.2, 0.25) is 0 Å². The van der Waals surface area contributed by atoms with Gasteiger partial charge in [0.25, 0.3) is 5.91 Å². The summed E-state index contributed by atoms with van der Waals surface area (Å²) in [6.07, 6.45) is 6.60. The van der Waals surface area contributed by atoms with E-state index in [2.05, 4.69) is 21.2 Å². The smallest absolute Gasteiger partial charge is 0.282 e. The summed E-state index contributed by atoms with van der Waals surface area (Å²) in [5.74, 6) is 1.77. The van der Waals surface area contributed by atoms with Gasteiger partial charge in [-0.05, 0) is 60.4 Å². The number of aryl methyl sites for hydroxylation is 1. The number of halogens is 1. The molecule has 8 nitrogen and oxygen atoms in total. The minimum atomic E-state index is -0.449. The number of nitrogens with one attached hydrogen (secondary N) is 1. The zero-order valence-electron chi connectivity index (χ0n) is 20.2. The third-order valence-corrected chi connectivity index (χ3v) is 6.04. The summed E-state index contributed by atoms with van der Waals surface area (Å²) in [4.78, 5) is 16.9. The lowest BCUT2D eigenvalue weighted by Crippen LogP contribution is -3.00. The number of carbonyl (C=O) groups is 1. The fourth-order valence-electron chi connectivity index (χ4n) is 3.96. The fraction of sp³-hybridized carbons (Fsp3) is 0.269. The summed E-state index contributed by atoms with van der Waals surface area (Å²) in [6, 6.07) is 9.11. The quantitative estimate of drug-likeness (QED) is 0.482. The summed E-state index contributed by atoms with van der Waals surface area (Å²) < 4.78 is 16.7. The molecule has 184 valence electrons. The third-order valence-electron chi connectivity index (χ3n) is 6.04. The number of ether oxygens (including phenoxy) is 2. The van der Waals surface area contributed by atoms with E-state index in [0.29, 0.717) is 23.6 Å². The SMILES string of the molecule is COc1ccc(-c2cnoc2-c2cc(C)c(C)c(OC)c2)cc1NC(=O)C([NH3+])CC1=CN=CC1.[Cl-]. The third kappa shape index (κ3) is 5.55. The first kappa shape index (κ1) is 26.0. The molecule has 4 rings (SSSR count). The van der Waals surface area contributed by atoms with Crippen molar-refractivity contribution in [3.63, 3.8) is 0 Å². The van der Waals surface area contributed by atoms with Gasteiger partial charge in [0.1, 0.15) is 11.5 Å². The van der Waals surface area contributed by atoms with E-state index in [1.165, 1.54) is 0 Å². The van der Waals surface area contributed by atoms with Crippen molar-refractivity contribution < 1.29 is 36.9 Å². The number of methoxy groups -OCH3 is 2. The molecule has 1 aliphatic rings. The van der Waals surface area contributed by atoms with Crippen molar-refractivity contribution in [2.45, 2.75) is 32.7 Å². The molecule has 1 unspecified atom stereocenters. The zero-order valence-corrected chi connectivity index (χ0v) is 21.0. The Morgan fingerprint density at radius 3 is 2.60 bits per heavy atom. The number of carbonyl (C=O) groups excluding carboxylic acids is 1. The largest absolute Gasteiger partial charge is 1.00 e. The van der Waals surface area contributed by atoms with Gasteiger partial charge in [-0.15, -0.1) is 0 Å². The molecule has 4 N–H and O–H groups in total. The van der Waals surface area contributed by atoms with Crippen LogP contribution in [0.4, 0.5) is 5.69 Å². The van der Waals surface area contributed by atoms with Gasteiger partial charge in [0, 0.05) is 36.4 Å². The van der Waals surface area contributed by atoms with E-state index in [0.717, 1.165) is 45.6 Å². The molecule has 0 radical (unpaired) electrons. The first-order valence-corrected chi connectivity index (χ1v) is 11.0. The summed E-state index contributed by atoms with van der Waals surface area (Å²) in [5, 5.41) is 7.00. The van der Waals surface area contributed by atoms with Crippen molar-refractivity contribution in [3.8, 4) is 33.9 Å². The van der Waals surface area contributed by atoms with Gasteiger partial charge in [0.05, 0.1) is 26.1 Å². The van der Waals surface area contributed by atoms with Crippen molar-refractivity contribution >= 4 is 17.8 Å². The average molecular weight is 497 g/mol. The minimum Gasteiger partial charge on any atom is -1.00 e. The monoisotopic (exact) mass is 496 g/mol. The van der Waals surface area contributed by atoms with Crippen LogP contribution >= 0.6 is 0 Å². The van der Waals surface area contributed by atoms with Crippen molar-refractivity contribution in [3.05, 3.63) is 59.4 Å². The predicted octanol–water partition coefficient (Wildman–Crippen LogP) is 0.944.